The van der Waals surface area contributed by atoms with Crippen molar-refractivity contribution in [3.05, 3.63) is 88.5 Å². The fourth-order valence-corrected chi connectivity index (χ4v) is 4.50. The van der Waals surface area contributed by atoms with Crippen LogP contribution in [0.3, 0.4) is 0 Å². The lowest BCUT2D eigenvalue weighted by molar-refractivity contribution is -0.139. The summed E-state index contributed by atoms with van der Waals surface area (Å²) >= 11 is 0. The second kappa shape index (κ2) is 9.36. The van der Waals surface area contributed by atoms with E-state index in [0.29, 0.717) is 0 Å². The Morgan fingerprint density at radius 2 is 1.55 bits per heavy atom. The van der Waals surface area contributed by atoms with Gasteiger partial charge < -0.3 is 19.9 Å². The molecule has 0 aliphatic heterocycles. The van der Waals surface area contributed by atoms with Crippen molar-refractivity contribution in [2.75, 3.05) is 13.7 Å². The lowest BCUT2D eigenvalue weighted by Gasteiger charge is -2.19. The van der Waals surface area contributed by atoms with Crippen molar-refractivity contribution in [3.63, 3.8) is 0 Å². The van der Waals surface area contributed by atoms with Crippen molar-refractivity contribution in [1.29, 1.82) is 0 Å². The molecular weight excluding hydrogens is 418 g/mol. The van der Waals surface area contributed by atoms with Crippen LogP contribution in [-0.4, -0.2) is 36.9 Å². The van der Waals surface area contributed by atoms with Crippen LogP contribution in [0.2, 0.25) is 0 Å². The van der Waals surface area contributed by atoms with E-state index < -0.39 is 18.1 Å². The minimum absolute atomic E-state index is 0.0853. The number of amides is 1. The number of benzene rings is 3. The van der Waals surface area contributed by atoms with Gasteiger partial charge in [-0.1, -0.05) is 54.6 Å². The van der Waals surface area contributed by atoms with E-state index in [1.54, 1.807) is 7.11 Å². The van der Waals surface area contributed by atoms with Crippen LogP contribution in [0, 0.1) is 13.8 Å². The van der Waals surface area contributed by atoms with Crippen molar-refractivity contribution in [3.8, 4) is 16.9 Å². The second-order valence-corrected chi connectivity index (χ2v) is 8.24. The standard InChI is InChI=1S/C27H27NO5/c1-16-17(2)25(32-3)13-12-18(16)14-24(26(29)30)28-27(31)33-15-23-21-10-6-4-8-19(21)20-9-5-7-11-22(20)23/h4-13,23-24H,14-15H2,1-3H3,(H,28,31)(H,29,30). The Balaban J connectivity index is 1.45. The molecule has 0 radical (unpaired) electrons. The number of hydrogen-bond donors (Lipinski definition) is 2. The predicted octanol–water partition coefficient (Wildman–Crippen LogP) is 4.85. The zero-order chi connectivity index (χ0) is 23.5. The highest BCUT2D eigenvalue weighted by molar-refractivity contribution is 5.81. The SMILES string of the molecule is COc1ccc(CC(NC(=O)OCC2c3ccccc3-c3ccccc32)C(=O)O)c(C)c1C. The molecule has 0 aromatic heterocycles. The number of carbonyl (C=O) groups excluding carboxylic acids is 1. The first-order valence-electron chi connectivity index (χ1n) is 10.9. The van der Waals surface area contributed by atoms with Crippen LogP contribution in [0.5, 0.6) is 5.75 Å². The number of nitrogens with one attached hydrogen (secondary N) is 1. The van der Waals surface area contributed by atoms with Crippen LogP contribution in [0.15, 0.2) is 60.7 Å². The molecule has 0 saturated carbocycles. The molecule has 2 N–H and O–H groups in total. The summed E-state index contributed by atoms with van der Waals surface area (Å²) < 4.78 is 10.8. The van der Waals surface area contributed by atoms with E-state index in [-0.39, 0.29) is 18.9 Å². The lowest BCUT2D eigenvalue weighted by Crippen LogP contribution is -2.43. The van der Waals surface area contributed by atoms with Crippen LogP contribution in [-0.2, 0) is 16.0 Å². The Morgan fingerprint density at radius 1 is 0.939 bits per heavy atom. The van der Waals surface area contributed by atoms with Gasteiger partial charge in [-0.2, -0.15) is 0 Å². The smallest absolute Gasteiger partial charge is 0.407 e. The molecule has 170 valence electrons. The minimum Gasteiger partial charge on any atom is -0.496 e. The summed E-state index contributed by atoms with van der Waals surface area (Å²) in [6.07, 6.45) is -0.594. The van der Waals surface area contributed by atoms with Gasteiger partial charge in [-0.25, -0.2) is 9.59 Å². The molecule has 6 heteroatoms. The zero-order valence-electron chi connectivity index (χ0n) is 18.9. The number of carboxylic acids is 1. The molecule has 1 aliphatic rings. The molecule has 3 aromatic rings. The molecule has 0 heterocycles. The van der Waals surface area contributed by atoms with Crippen LogP contribution in [0.25, 0.3) is 11.1 Å². The van der Waals surface area contributed by atoms with Gasteiger partial charge in [0.2, 0.25) is 0 Å². The largest absolute Gasteiger partial charge is 0.496 e. The molecule has 6 nitrogen and oxygen atoms in total. The third-order valence-electron chi connectivity index (χ3n) is 6.43. The predicted molar refractivity (Wildman–Crippen MR) is 126 cm³/mol. The first-order valence-corrected chi connectivity index (χ1v) is 10.9. The molecule has 0 fully saturated rings. The van der Waals surface area contributed by atoms with Crippen LogP contribution in [0.1, 0.15) is 33.7 Å². The molecule has 4 rings (SSSR count). The van der Waals surface area contributed by atoms with Crippen LogP contribution in [0.4, 0.5) is 4.79 Å². The maximum absolute atomic E-state index is 12.6. The van der Waals surface area contributed by atoms with Gasteiger partial charge in [-0.05, 0) is 58.9 Å². The van der Waals surface area contributed by atoms with Crippen molar-refractivity contribution >= 4 is 12.1 Å². The number of alkyl carbamates (subject to hydrolysis) is 1. The van der Waals surface area contributed by atoms with Crippen molar-refractivity contribution < 1.29 is 24.2 Å². The number of hydrogen-bond acceptors (Lipinski definition) is 4. The van der Waals surface area contributed by atoms with Gasteiger partial charge in [-0.3, -0.25) is 0 Å². The van der Waals surface area contributed by atoms with Gasteiger partial charge in [-0.15, -0.1) is 0 Å². The molecule has 1 unspecified atom stereocenters. The highest BCUT2D eigenvalue weighted by Crippen LogP contribution is 2.44. The van der Waals surface area contributed by atoms with Gasteiger partial charge >= 0.3 is 12.1 Å². The summed E-state index contributed by atoms with van der Waals surface area (Å²) in [5, 5.41) is 12.2. The Kier molecular flexibility index (Phi) is 6.36. The molecule has 1 atom stereocenters. The molecule has 0 saturated heterocycles. The quantitative estimate of drug-likeness (QED) is 0.543. The molecule has 0 bridgehead atoms. The molecule has 3 aromatic carbocycles. The highest BCUT2D eigenvalue weighted by atomic mass is 16.5. The highest BCUT2D eigenvalue weighted by Gasteiger charge is 2.30. The lowest BCUT2D eigenvalue weighted by atomic mass is 9.97. The third-order valence-corrected chi connectivity index (χ3v) is 6.43. The summed E-state index contributed by atoms with van der Waals surface area (Å²) in [6, 6.07) is 18.7. The average Bonchev–Trinajstić information content (AvgIpc) is 3.14. The fraction of sp³-hybridized carbons (Fsp3) is 0.259. The van der Waals surface area contributed by atoms with Gasteiger partial charge in [0.05, 0.1) is 7.11 Å². The second-order valence-electron chi connectivity index (χ2n) is 8.24. The summed E-state index contributed by atoms with van der Waals surface area (Å²) in [6.45, 7) is 3.97. The number of ether oxygens (including phenoxy) is 2. The normalized spacial score (nSPS) is 13.1. The average molecular weight is 446 g/mol. The van der Waals surface area contributed by atoms with Gasteiger partial charge in [0.15, 0.2) is 0 Å². The van der Waals surface area contributed by atoms with Gasteiger partial charge in [0, 0.05) is 12.3 Å². The number of carboxylic acid groups (broad SMARTS) is 1. The summed E-state index contributed by atoms with van der Waals surface area (Å²) in [4.78, 5) is 24.4. The Hall–Kier alpha value is -3.80. The maximum atomic E-state index is 12.6. The zero-order valence-corrected chi connectivity index (χ0v) is 18.9. The van der Waals surface area contributed by atoms with E-state index in [1.165, 1.54) is 0 Å². The summed E-state index contributed by atoms with van der Waals surface area (Å²) in [5.41, 5.74) is 7.19. The molecule has 0 spiro atoms. The van der Waals surface area contributed by atoms with E-state index in [9.17, 15) is 14.7 Å². The van der Waals surface area contributed by atoms with Gasteiger partial charge in [0.1, 0.15) is 18.4 Å². The Bertz CT molecular complexity index is 1160. The number of methoxy groups -OCH3 is 1. The monoisotopic (exact) mass is 445 g/mol. The maximum Gasteiger partial charge on any atom is 0.407 e. The van der Waals surface area contributed by atoms with Crippen molar-refractivity contribution in [1.82, 2.24) is 5.32 Å². The van der Waals surface area contributed by atoms with E-state index in [0.717, 1.165) is 44.7 Å². The van der Waals surface area contributed by atoms with Crippen LogP contribution >= 0.6 is 0 Å². The number of carbonyl (C=O) groups is 2. The number of fused-ring (bicyclic) bond motifs is 3. The van der Waals surface area contributed by atoms with E-state index in [4.69, 9.17) is 9.47 Å². The Labute approximate surface area is 193 Å². The minimum atomic E-state index is -1.11. The number of aliphatic carboxylic acids is 1. The van der Waals surface area contributed by atoms with E-state index in [1.807, 2.05) is 62.4 Å². The molecule has 1 amide bonds. The van der Waals surface area contributed by atoms with E-state index >= 15 is 0 Å². The van der Waals surface area contributed by atoms with Crippen molar-refractivity contribution in [2.45, 2.75) is 32.2 Å². The summed E-state index contributed by atoms with van der Waals surface area (Å²) in [7, 11) is 1.60. The summed E-state index contributed by atoms with van der Waals surface area (Å²) in [5.74, 6) is -0.457. The molecular formula is C27H27NO5. The van der Waals surface area contributed by atoms with Crippen LogP contribution < -0.4 is 10.1 Å². The fourth-order valence-electron chi connectivity index (χ4n) is 4.50. The first-order chi connectivity index (χ1) is 15.9. The first kappa shape index (κ1) is 22.4. The van der Waals surface area contributed by atoms with Crippen molar-refractivity contribution in [2.24, 2.45) is 0 Å². The molecule has 33 heavy (non-hydrogen) atoms. The van der Waals surface area contributed by atoms with Gasteiger partial charge in [0.25, 0.3) is 0 Å². The van der Waals surface area contributed by atoms with E-state index in [2.05, 4.69) is 17.4 Å². The number of rotatable bonds is 7. The third kappa shape index (κ3) is 4.42. The molecule has 1 aliphatic carbocycles. The Morgan fingerprint density at radius 3 is 2.12 bits per heavy atom. The topological polar surface area (TPSA) is 84.9 Å².